The molecule has 0 aromatic carbocycles. The van der Waals surface area contributed by atoms with Crippen LogP contribution in [0.2, 0.25) is 5.15 Å². The summed E-state index contributed by atoms with van der Waals surface area (Å²) in [6, 6.07) is 1.03. The number of hydrogen-bond donors (Lipinski definition) is 1. The molecule has 8 heteroatoms. The summed E-state index contributed by atoms with van der Waals surface area (Å²) in [5.41, 5.74) is 5.18. The molecule has 66 valence electrons. The molecule has 5 nitrogen and oxygen atoms in total. The van der Waals surface area contributed by atoms with Crippen LogP contribution in [0.15, 0.2) is 11.0 Å². The van der Waals surface area contributed by atoms with Crippen LogP contribution in [0.25, 0.3) is 0 Å². The van der Waals surface area contributed by atoms with Gasteiger partial charge in [0.05, 0.1) is 0 Å². The lowest BCUT2D eigenvalue weighted by atomic mass is 10.5. The molecule has 0 radical (unpaired) electrons. The van der Waals surface area contributed by atoms with Crippen LogP contribution < -0.4 is 5.73 Å². The lowest BCUT2D eigenvalue weighted by Crippen LogP contribution is -2.02. The summed E-state index contributed by atoms with van der Waals surface area (Å²) in [7, 11) is 1.11. The molecule has 0 saturated carbocycles. The lowest BCUT2D eigenvalue weighted by Gasteiger charge is -1.98. The Kier molecular flexibility index (Phi) is 2.41. The first-order valence-corrected chi connectivity index (χ1v) is 5.33. The van der Waals surface area contributed by atoms with Crippen LogP contribution in [-0.2, 0) is 9.05 Å². The molecule has 0 atom stereocenters. The Labute approximate surface area is 77.9 Å². The summed E-state index contributed by atoms with van der Waals surface area (Å²) in [5, 5.41) is 6.52. The monoisotopic (exact) mass is 227 g/mol. The topological polar surface area (TPSA) is 85.9 Å². The molecule has 1 aromatic rings. The van der Waals surface area contributed by atoms with Crippen molar-refractivity contribution in [3.8, 4) is 0 Å². The number of nitrogen functional groups attached to an aromatic ring is 1. The summed E-state index contributed by atoms with van der Waals surface area (Å²) in [6.07, 6.45) is 0. The maximum Gasteiger partial charge on any atom is 0.265 e. The third-order valence-corrected chi connectivity index (χ3v) is 2.55. The van der Waals surface area contributed by atoms with Crippen LogP contribution in [0.5, 0.6) is 0 Å². The molecule has 1 rings (SSSR count). The summed E-state index contributed by atoms with van der Waals surface area (Å²) in [5.74, 6) is -0.269. The zero-order chi connectivity index (χ0) is 9.35. The number of rotatable bonds is 1. The fourth-order valence-corrected chi connectivity index (χ4v) is 1.68. The maximum absolute atomic E-state index is 10.8. The van der Waals surface area contributed by atoms with E-state index < -0.39 is 9.05 Å². The number of halogens is 2. The van der Waals surface area contributed by atoms with E-state index in [1.165, 1.54) is 0 Å². The van der Waals surface area contributed by atoms with Gasteiger partial charge in [-0.15, -0.1) is 10.2 Å². The van der Waals surface area contributed by atoms with Crippen molar-refractivity contribution in [3.05, 3.63) is 11.2 Å². The average Bonchev–Trinajstić information content (AvgIpc) is 1.92. The van der Waals surface area contributed by atoms with Gasteiger partial charge >= 0.3 is 0 Å². The van der Waals surface area contributed by atoms with Crippen LogP contribution in [0.4, 0.5) is 5.82 Å². The molecule has 0 aliphatic heterocycles. The van der Waals surface area contributed by atoms with Gasteiger partial charge in [-0.3, -0.25) is 0 Å². The average molecular weight is 228 g/mol. The number of anilines is 1. The minimum Gasteiger partial charge on any atom is -0.381 e. The first kappa shape index (κ1) is 9.50. The van der Waals surface area contributed by atoms with Gasteiger partial charge in [0.25, 0.3) is 9.05 Å². The van der Waals surface area contributed by atoms with E-state index in [0.717, 1.165) is 6.07 Å². The molecule has 2 N–H and O–H groups in total. The molecule has 0 fully saturated rings. The van der Waals surface area contributed by atoms with E-state index in [9.17, 15) is 8.42 Å². The van der Waals surface area contributed by atoms with Crippen molar-refractivity contribution >= 4 is 37.2 Å². The molecule has 0 aliphatic rings. The lowest BCUT2D eigenvalue weighted by molar-refractivity contribution is 0.609. The van der Waals surface area contributed by atoms with E-state index >= 15 is 0 Å². The van der Waals surface area contributed by atoms with Crippen molar-refractivity contribution in [3.63, 3.8) is 0 Å². The van der Waals surface area contributed by atoms with Crippen LogP contribution in [0.1, 0.15) is 0 Å². The number of nitrogens with zero attached hydrogens (tertiary/aromatic N) is 2. The first-order valence-electron chi connectivity index (χ1n) is 2.64. The Morgan fingerprint density at radius 2 is 2.00 bits per heavy atom. The van der Waals surface area contributed by atoms with E-state index in [1.807, 2.05) is 0 Å². The van der Waals surface area contributed by atoms with Crippen molar-refractivity contribution in [1.29, 1.82) is 0 Å². The summed E-state index contributed by atoms with van der Waals surface area (Å²) in [6.45, 7) is 0. The van der Waals surface area contributed by atoms with Crippen LogP contribution in [0, 0.1) is 0 Å². The molecule has 0 unspecified atom stereocenters. The van der Waals surface area contributed by atoms with E-state index in [1.54, 1.807) is 0 Å². The number of nitrogens with two attached hydrogens (primary N) is 1. The third kappa shape index (κ3) is 1.96. The predicted octanol–water partition coefficient (Wildman–Crippen LogP) is 0.640. The Bertz CT molecular complexity index is 405. The second kappa shape index (κ2) is 3.04. The molecule has 1 heterocycles. The van der Waals surface area contributed by atoms with Crippen molar-refractivity contribution in [1.82, 2.24) is 10.2 Å². The molecule has 1 aromatic heterocycles. The van der Waals surface area contributed by atoms with Gasteiger partial charge < -0.3 is 5.73 Å². The van der Waals surface area contributed by atoms with Gasteiger partial charge in [-0.1, -0.05) is 11.6 Å². The molecule has 0 bridgehead atoms. The molecule has 0 spiro atoms. The Hall–Kier alpha value is -0.590. The summed E-state index contributed by atoms with van der Waals surface area (Å²) < 4.78 is 21.5. The summed E-state index contributed by atoms with van der Waals surface area (Å²) in [4.78, 5) is -0.329. The highest BCUT2D eigenvalue weighted by Gasteiger charge is 2.16. The fourth-order valence-electron chi connectivity index (χ4n) is 0.557. The standard InChI is InChI=1S/C4H3Cl2N3O2S/c5-3-1-2(12(6,10)11)4(7)9-8-3/h1H,(H2,7,9). The smallest absolute Gasteiger partial charge is 0.265 e. The van der Waals surface area contributed by atoms with E-state index in [-0.39, 0.29) is 15.9 Å². The van der Waals surface area contributed by atoms with Gasteiger partial charge in [-0.05, 0) is 0 Å². The fraction of sp³-hybridized carbons (Fsp3) is 0. The molecule has 12 heavy (non-hydrogen) atoms. The normalized spacial score (nSPS) is 11.5. The Morgan fingerprint density at radius 1 is 1.42 bits per heavy atom. The van der Waals surface area contributed by atoms with E-state index in [4.69, 9.17) is 28.0 Å². The summed E-state index contributed by atoms with van der Waals surface area (Å²) >= 11 is 5.37. The first-order chi connectivity index (χ1) is 5.41. The second-order valence-electron chi connectivity index (χ2n) is 1.85. The minimum absolute atomic E-state index is 0.0802. The van der Waals surface area contributed by atoms with Gasteiger partial charge in [0.1, 0.15) is 4.90 Å². The van der Waals surface area contributed by atoms with Crippen molar-refractivity contribution in [2.45, 2.75) is 4.90 Å². The molecular weight excluding hydrogens is 225 g/mol. The Morgan fingerprint density at radius 3 is 2.42 bits per heavy atom. The van der Waals surface area contributed by atoms with Gasteiger partial charge in [0.15, 0.2) is 11.0 Å². The van der Waals surface area contributed by atoms with E-state index in [2.05, 4.69) is 10.2 Å². The van der Waals surface area contributed by atoms with Crippen LogP contribution >= 0.6 is 22.3 Å². The second-order valence-corrected chi connectivity index (χ2v) is 4.78. The van der Waals surface area contributed by atoms with Gasteiger partial charge in [0.2, 0.25) is 0 Å². The molecule has 0 saturated heterocycles. The highest BCUT2D eigenvalue weighted by Crippen LogP contribution is 2.21. The SMILES string of the molecule is Nc1nnc(Cl)cc1S(=O)(=O)Cl. The van der Waals surface area contributed by atoms with Gasteiger partial charge in [-0.2, -0.15) is 0 Å². The molecule has 0 amide bonds. The minimum atomic E-state index is -3.90. The third-order valence-electron chi connectivity index (χ3n) is 1.02. The van der Waals surface area contributed by atoms with Crippen molar-refractivity contribution in [2.24, 2.45) is 0 Å². The molecular formula is C4H3Cl2N3O2S. The largest absolute Gasteiger partial charge is 0.381 e. The van der Waals surface area contributed by atoms with Gasteiger partial charge in [-0.25, -0.2) is 8.42 Å². The quantitative estimate of drug-likeness (QED) is 0.712. The molecule has 0 aliphatic carbocycles. The number of hydrogen-bond acceptors (Lipinski definition) is 5. The zero-order valence-corrected chi connectivity index (χ0v) is 7.86. The van der Waals surface area contributed by atoms with Crippen LogP contribution in [0.3, 0.4) is 0 Å². The Balaban J connectivity index is 3.43. The van der Waals surface area contributed by atoms with Crippen molar-refractivity contribution in [2.75, 3.05) is 5.73 Å². The maximum atomic E-state index is 10.8. The van der Waals surface area contributed by atoms with Crippen molar-refractivity contribution < 1.29 is 8.42 Å². The van der Waals surface area contributed by atoms with Crippen LogP contribution in [-0.4, -0.2) is 18.6 Å². The van der Waals surface area contributed by atoms with E-state index in [0.29, 0.717) is 0 Å². The highest BCUT2D eigenvalue weighted by molar-refractivity contribution is 8.13. The van der Waals surface area contributed by atoms with Gasteiger partial charge in [0, 0.05) is 16.7 Å². The predicted molar refractivity (Wildman–Crippen MR) is 44.5 cm³/mol. The number of aromatic nitrogens is 2. The zero-order valence-electron chi connectivity index (χ0n) is 5.53. The highest BCUT2D eigenvalue weighted by atomic mass is 35.7.